The molecule has 30 heavy (non-hydrogen) atoms. The van der Waals surface area contributed by atoms with Crippen molar-refractivity contribution in [3.8, 4) is 33.6 Å². The lowest BCUT2D eigenvalue weighted by molar-refractivity contribution is -0.140. The minimum absolute atomic E-state index is 0.124. The molecule has 0 radical (unpaired) electrons. The predicted molar refractivity (Wildman–Crippen MR) is 109 cm³/mol. The van der Waals surface area contributed by atoms with E-state index in [2.05, 4.69) is 20.3 Å². The largest absolute Gasteiger partial charge is 0.480 e. The van der Waals surface area contributed by atoms with Gasteiger partial charge in [-0.3, -0.25) is 14.8 Å². The first-order chi connectivity index (χ1) is 14.5. The number of carboxylic acid groups (broad SMARTS) is 1. The number of rotatable bonds is 6. The first-order valence-electron chi connectivity index (χ1n) is 9.22. The van der Waals surface area contributed by atoms with Crippen LogP contribution in [-0.4, -0.2) is 42.6 Å². The normalized spacial score (nSPS) is 12.1. The summed E-state index contributed by atoms with van der Waals surface area (Å²) in [5, 5.41) is 20.4. The number of carbonyl (C=O) groups is 1. The number of pyridine rings is 1. The number of aryl methyl sites for hydroxylation is 1. The number of H-pyrrole nitrogens is 1. The number of nitrogens with two attached hydrogens (primary N) is 1. The Morgan fingerprint density at radius 3 is 2.80 bits per heavy atom. The number of aromatic nitrogens is 5. The molecule has 0 fully saturated rings. The third-order valence-corrected chi connectivity index (χ3v) is 4.80. The second-order valence-corrected chi connectivity index (χ2v) is 6.82. The van der Waals surface area contributed by atoms with E-state index in [9.17, 15) is 14.3 Å². The quantitative estimate of drug-likeness (QED) is 0.452. The molecule has 0 aliphatic rings. The number of hydrogen-bond donors (Lipinski definition) is 3. The molecule has 1 atom stereocenters. The van der Waals surface area contributed by atoms with Gasteiger partial charge in [0.2, 0.25) is 0 Å². The molecular weight excluding hydrogens is 387 g/mol. The van der Waals surface area contributed by atoms with Crippen LogP contribution in [0.1, 0.15) is 11.7 Å². The van der Waals surface area contributed by atoms with Crippen LogP contribution in [-0.2, 0) is 4.79 Å². The van der Waals surface area contributed by atoms with Gasteiger partial charge in [0, 0.05) is 35.1 Å². The lowest BCUT2D eigenvalue weighted by Gasteiger charge is -2.09. The van der Waals surface area contributed by atoms with Crippen LogP contribution in [0, 0.1) is 12.7 Å². The van der Waals surface area contributed by atoms with E-state index >= 15 is 0 Å². The van der Waals surface area contributed by atoms with Crippen LogP contribution in [0.5, 0.6) is 0 Å². The molecule has 8 nitrogen and oxygen atoms in total. The Hall–Kier alpha value is -3.85. The van der Waals surface area contributed by atoms with Gasteiger partial charge < -0.3 is 10.8 Å². The van der Waals surface area contributed by atoms with Crippen LogP contribution >= 0.6 is 0 Å². The van der Waals surface area contributed by atoms with Gasteiger partial charge in [0.15, 0.2) is 6.04 Å². The fraction of sp³-hybridized carbons (Fsp3) is 0.143. The predicted octanol–water partition coefficient (Wildman–Crippen LogP) is 3.03. The van der Waals surface area contributed by atoms with E-state index in [1.165, 1.54) is 23.1 Å². The highest BCUT2D eigenvalue weighted by Crippen LogP contribution is 2.33. The number of nitrogens with one attached hydrogen (secondary N) is 1. The highest BCUT2D eigenvalue weighted by atomic mass is 19.1. The topological polar surface area (TPSA) is 123 Å². The van der Waals surface area contributed by atoms with Crippen LogP contribution in [0.2, 0.25) is 0 Å². The number of nitrogens with zero attached hydrogens (tertiary/aromatic N) is 4. The summed E-state index contributed by atoms with van der Waals surface area (Å²) in [5.41, 5.74) is 10.1. The monoisotopic (exact) mass is 406 g/mol. The zero-order valence-corrected chi connectivity index (χ0v) is 16.1. The molecule has 0 saturated heterocycles. The molecule has 0 amide bonds. The molecule has 0 spiro atoms. The van der Waals surface area contributed by atoms with Crippen LogP contribution in [0.3, 0.4) is 0 Å². The van der Waals surface area contributed by atoms with Crippen molar-refractivity contribution in [1.29, 1.82) is 0 Å². The van der Waals surface area contributed by atoms with E-state index in [1.54, 1.807) is 18.3 Å². The summed E-state index contributed by atoms with van der Waals surface area (Å²) >= 11 is 0. The van der Waals surface area contributed by atoms with Gasteiger partial charge in [0.1, 0.15) is 5.82 Å². The first-order valence-corrected chi connectivity index (χ1v) is 9.22. The molecule has 9 heteroatoms. The van der Waals surface area contributed by atoms with Gasteiger partial charge >= 0.3 is 5.97 Å². The van der Waals surface area contributed by atoms with Crippen LogP contribution < -0.4 is 5.73 Å². The van der Waals surface area contributed by atoms with Crippen LogP contribution in [0.25, 0.3) is 33.6 Å². The van der Waals surface area contributed by atoms with Crippen molar-refractivity contribution in [2.24, 2.45) is 5.73 Å². The SMILES string of the molecule is Cc1cccc(-c2[nH]ncc2-c2ccc(F)c(-c3cnn([C@H](CN)C(=O)O)c3)c2)n1. The summed E-state index contributed by atoms with van der Waals surface area (Å²) in [6.07, 6.45) is 4.56. The van der Waals surface area contributed by atoms with E-state index in [0.29, 0.717) is 11.1 Å². The molecule has 3 heterocycles. The summed E-state index contributed by atoms with van der Waals surface area (Å²) < 4.78 is 15.8. The van der Waals surface area contributed by atoms with Crippen molar-refractivity contribution in [1.82, 2.24) is 25.0 Å². The molecular formula is C21H19FN6O2. The van der Waals surface area contributed by atoms with E-state index in [-0.39, 0.29) is 6.54 Å². The van der Waals surface area contributed by atoms with E-state index in [0.717, 1.165) is 28.2 Å². The van der Waals surface area contributed by atoms with Crippen molar-refractivity contribution < 1.29 is 14.3 Å². The molecule has 0 saturated carbocycles. The Morgan fingerprint density at radius 2 is 2.07 bits per heavy atom. The number of benzene rings is 1. The standard InChI is InChI=1S/C21H19FN6O2/c1-12-3-2-4-18(26-12)20-16(10-24-27-20)13-5-6-17(22)15(7-13)14-9-25-28(11-14)19(8-23)21(29)30/h2-7,9-11,19H,8,23H2,1H3,(H,24,27)(H,29,30)/t19-/m1/s1. The average Bonchev–Trinajstić information content (AvgIpc) is 3.39. The molecule has 3 aromatic heterocycles. The Balaban J connectivity index is 1.75. The summed E-state index contributed by atoms with van der Waals surface area (Å²) in [6, 6.07) is 9.36. The Kier molecular flexibility index (Phi) is 5.11. The fourth-order valence-corrected chi connectivity index (χ4v) is 3.27. The Labute approximate surface area is 171 Å². The number of aliphatic carboxylic acids is 1. The van der Waals surface area contributed by atoms with Crippen molar-refractivity contribution in [3.05, 3.63) is 66.5 Å². The lowest BCUT2D eigenvalue weighted by Crippen LogP contribution is -2.27. The lowest BCUT2D eigenvalue weighted by atomic mass is 9.99. The fourth-order valence-electron chi connectivity index (χ4n) is 3.27. The van der Waals surface area contributed by atoms with Gasteiger partial charge in [0.25, 0.3) is 0 Å². The molecule has 0 aliphatic heterocycles. The van der Waals surface area contributed by atoms with Gasteiger partial charge in [-0.2, -0.15) is 10.2 Å². The highest BCUT2D eigenvalue weighted by Gasteiger charge is 2.20. The third-order valence-electron chi connectivity index (χ3n) is 4.80. The van der Waals surface area contributed by atoms with Crippen LogP contribution in [0.4, 0.5) is 4.39 Å². The maximum absolute atomic E-state index is 14.6. The molecule has 4 rings (SSSR count). The van der Waals surface area contributed by atoms with Crippen molar-refractivity contribution >= 4 is 5.97 Å². The highest BCUT2D eigenvalue weighted by molar-refractivity contribution is 5.81. The second-order valence-electron chi connectivity index (χ2n) is 6.82. The summed E-state index contributed by atoms with van der Waals surface area (Å²) in [6.45, 7) is 1.78. The van der Waals surface area contributed by atoms with Gasteiger partial charge in [-0.05, 0) is 36.8 Å². The summed E-state index contributed by atoms with van der Waals surface area (Å²) in [4.78, 5) is 15.8. The molecule has 4 aromatic rings. The maximum atomic E-state index is 14.6. The van der Waals surface area contributed by atoms with Gasteiger partial charge in [0.05, 0.1) is 23.8 Å². The van der Waals surface area contributed by atoms with E-state index in [4.69, 9.17) is 5.73 Å². The van der Waals surface area contributed by atoms with E-state index < -0.39 is 17.8 Å². The smallest absolute Gasteiger partial charge is 0.329 e. The van der Waals surface area contributed by atoms with Gasteiger partial charge in [-0.1, -0.05) is 12.1 Å². The minimum atomic E-state index is -1.10. The average molecular weight is 406 g/mol. The van der Waals surface area contributed by atoms with Crippen molar-refractivity contribution in [3.63, 3.8) is 0 Å². The number of aromatic amines is 1. The zero-order valence-electron chi connectivity index (χ0n) is 16.1. The van der Waals surface area contributed by atoms with Gasteiger partial charge in [-0.25, -0.2) is 9.18 Å². The molecule has 4 N–H and O–H groups in total. The molecule has 0 aliphatic carbocycles. The third kappa shape index (κ3) is 3.58. The molecule has 1 aromatic carbocycles. The minimum Gasteiger partial charge on any atom is -0.480 e. The second kappa shape index (κ2) is 7.88. The number of halogens is 1. The molecule has 152 valence electrons. The Bertz CT molecular complexity index is 1220. The summed E-state index contributed by atoms with van der Waals surface area (Å²) in [7, 11) is 0. The summed E-state index contributed by atoms with van der Waals surface area (Å²) in [5.74, 6) is -1.55. The van der Waals surface area contributed by atoms with Crippen molar-refractivity contribution in [2.75, 3.05) is 6.54 Å². The van der Waals surface area contributed by atoms with Crippen molar-refractivity contribution in [2.45, 2.75) is 13.0 Å². The maximum Gasteiger partial charge on any atom is 0.329 e. The van der Waals surface area contributed by atoms with Gasteiger partial charge in [-0.15, -0.1) is 0 Å². The van der Waals surface area contributed by atoms with Crippen LogP contribution in [0.15, 0.2) is 55.0 Å². The number of carboxylic acids is 1. The molecule has 0 bridgehead atoms. The molecule has 0 unspecified atom stereocenters. The van der Waals surface area contributed by atoms with E-state index in [1.807, 2.05) is 25.1 Å². The first kappa shape index (κ1) is 19.5. The zero-order chi connectivity index (χ0) is 21.3. The number of hydrogen-bond acceptors (Lipinski definition) is 5. The Morgan fingerprint density at radius 1 is 1.23 bits per heavy atom.